The molecule has 0 aromatic rings. The summed E-state index contributed by atoms with van der Waals surface area (Å²) in [7, 11) is 0. The molecule has 8 heterocycles. The van der Waals surface area contributed by atoms with Crippen LogP contribution in [0.5, 0.6) is 0 Å². The second kappa shape index (κ2) is 55.8. The number of hydrogen-bond donors (Lipinski definition) is 4. The topological polar surface area (TPSA) is 817 Å². The summed E-state index contributed by atoms with van der Waals surface area (Å²) in [5, 5.41) is 72.0. The lowest BCUT2D eigenvalue weighted by molar-refractivity contribution is -0.331. The van der Waals surface area contributed by atoms with Gasteiger partial charge in [0, 0.05) is 139 Å². The van der Waals surface area contributed by atoms with Gasteiger partial charge in [0.25, 0.3) is 0 Å². The van der Waals surface area contributed by atoms with Crippen LogP contribution < -0.4 is 0 Å². The van der Waals surface area contributed by atoms with Crippen molar-refractivity contribution in [2.24, 2.45) is 30.7 Å². The van der Waals surface area contributed by atoms with Crippen LogP contribution in [-0.4, -0.2) is 286 Å². The summed E-state index contributed by atoms with van der Waals surface area (Å²) < 4.78 is 142. The first-order valence-corrected chi connectivity index (χ1v) is 38.9. The van der Waals surface area contributed by atoms with Gasteiger partial charge in [-0.05, 0) is 58.9 Å². The van der Waals surface area contributed by atoms with Crippen molar-refractivity contribution in [1.29, 1.82) is 0 Å². The molecule has 4 N–H and O–H groups in total. The van der Waals surface area contributed by atoms with E-state index in [1.165, 1.54) is 6.92 Å². The van der Waals surface area contributed by atoms with E-state index in [1.807, 2.05) is 0 Å². The zero-order valence-electron chi connectivity index (χ0n) is 72.5. The van der Waals surface area contributed by atoms with E-state index in [2.05, 4.69) is 66.7 Å². The van der Waals surface area contributed by atoms with Gasteiger partial charge < -0.3 is 134 Å². The monoisotopic (exact) mass is 1870 g/mol. The van der Waals surface area contributed by atoms with Crippen LogP contribution in [0.4, 0.5) is 0 Å². The molecule has 0 spiro atoms. The molecule has 0 saturated carbocycles. The minimum Gasteiger partial charge on any atom is -0.457 e. The minimum atomic E-state index is -3.09. The molecule has 59 nitrogen and oxygen atoms in total. The van der Waals surface area contributed by atoms with Crippen LogP contribution in [0.1, 0.15) is 129 Å². The highest BCUT2D eigenvalue weighted by Gasteiger charge is 2.58. The Balaban J connectivity index is 2.55. The second-order valence-electron chi connectivity index (χ2n) is 27.2. The molecule has 8 aliphatic heterocycles. The summed E-state index contributed by atoms with van der Waals surface area (Å²) >= 11 is 0. The standard InChI is InChI=1S/C72H96N18O41/c1-16-18-42-49(109-29(3)91)60(117-37(11)99)67(105)129-53-46(26-82-88-76)126-70(63(108-25-17-2)56(53)113-33(7)95)123-43(19-22-79-85-73)51(111-31(5)93)61(118-38(12)100)68(106)130-54-48(28-84-90-78)128-72(65(121-41(15)103)58(54)115-35(9)97)125-45(21-24-81-87-75)52(112-32(6)94)62(119-39(13)101)69(107)131-55-47(27-83-89-77)127-71(64(120-40(14)102)57(55)114-34(8)96)124-44(20-23-80-86-74)50(110-30(4)92)59(66(104)122-42)116-36(10)98/h17,42-48,53-58,63-72,104-107H,2,16,18-28H2,1,3-15H3/b59-50+,60-49+,61-51+,62-52-/t42?,43?,44?,45?,46?,47?,48?,53?,54-,55?,56?,57?,58?,63?,64?,65?,66?,67?,68?,69?,70?,71?,72?/m0/s1. The third-order valence-corrected chi connectivity index (χ3v) is 17.0. The van der Waals surface area contributed by atoms with Crippen molar-refractivity contribution in [3.8, 4) is 0 Å². The molecular weight excluding hydrogens is 1770 g/mol. The number of carbonyl (C=O) groups excluding carboxylic acids is 13. The molecule has 0 aliphatic carbocycles. The minimum absolute atomic E-state index is 0.186. The molecule has 3 saturated heterocycles. The van der Waals surface area contributed by atoms with Crippen molar-refractivity contribution < 1.29 is 196 Å². The lowest BCUT2D eigenvalue weighted by atomic mass is 9.97. The van der Waals surface area contributed by atoms with Crippen molar-refractivity contribution >= 4 is 77.6 Å². The van der Waals surface area contributed by atoms with Crippen LogP contribution in [0, 0.1) is 0 Å². The van der Waals surface area contributed by atoms with Gasteiger partial charge in [-0.3, -0.25) is 62.3 Å². The van der Waals surface area contributed by atoms with Gasteiger partial charge in [-0.15, -0.1) is 6.58 Å². The number of hydrogen-bond acceptors (Lipinski definition) is 47. The molecule has 131 heavy (non-hydrogen) atoms. The van der Waals surface area contributed by atoms with Gasteiger partial charge in [0.05, 0.1) is 44.6 Å². The summed E-state index contributed by atoms with van der Waals surface area (Å²) in [5.74, 6) is -28.4. The maximum Gasteiger partial charge on any atom is 0.308 e. The van der Waals surface area contributed by atoms with Gasteiger partial charge in [-0.25, -0.2) is 0 Å². The van der Waals surface area contributed by atoms with Crippen LogP contribution >= 0.6 is 0 Å². The SMILES string of the molecule is C=CCOC1C2OC(CCN=[N+]=[N-])/C(OC(C)=O)=C(\OC(C)=O)C(O)O[C@H]3C(CN=[N+]=[N-])OC(OC(CCN=[N+]=[N-])/C(OC(C)=O)=C(/OC(C)=O)C(O)OC4C(CN=[N+]=[N-])OC(OC(CCN=[N+]=[N-])/C(OC(C)=O)=C(\OC(C)=O)C(O)OC(CCC)/C(OC(C)=O)=C(\OC(C)=O)C(O)OC(C(CN=[N+]=[N-])O2)C1OC(C)=O)C(OC(C)=O)C4OC(C)=O)C(OC(C)=O)C3OC(C)=O. The Bertz CT molecular complexity index is 4550. The van der Waals surface area contributed by atoms with Gasteiger partial charge in [-0.2, -0.15) is 0 Å². The molecule has 3 fully saturated rings. The zero-order valence-corrected chi connectivity index (χ0v) is 72.5. The van der Waals surface area contributed by atoms with E-state index in [-0.39, 0.29) is 6.42 Å². The second-order valence-corrected chi connectivity index (χ2v) is 27.2. The quantitative estimate of drug-likeness (QED) is 0.0175. The predicted octanol–water partition coefficient (Wildman–Crippen LogP) is 4.56. The van der Waals surface area contributed by atoms with E-state index in [0.717, 1.165) is 68.4 Å². The number of esters is 13. The first kappa shape index (κ1) is 110. The van der Waals surface area contributed by atoms with Crippen LogP contribution in [0.15, 0.2) is 89.4 Å². The van der Waals surface area contributed by atoms with Gasteiger partial charge in [0.1, 0.15) is 48.8 Å². The summed E-state index contributed by atoms with van der Waals surface area (Å²) in [6.45, 7) is 8.17. The molecule has 6 bridgehead atoms. The van der Waals surface area contributed by atoms with Gasteiger partial charge in [0.2, 0.25) is 48.2 Å². The van der Waals surface area contributed by atoms with Crippen molar-refractivity contribution in [1.82, 2.24) is 0 Å². The van der Waals surface area contributed by atoms with E-state index in [4.69, 9.17) is 114 Å². The van der Waals surface area contributed by atoms with Gasteiger partial charge in [0.15, 0.2) is 72.4 Å². The summed E-state index contributed by atoms with van der Waals surface area (Å²) in [5.41, 5.74) is 58.8. The largest absolute Gasteiger partial charge is 0.457 e. The van der Waals surface area contributed by atoms with Crippen molar-refractivity contribution in [3.05, 3.63) is 121 Å². The molecule has 0 radical (unpaired) electrons. The van der Waals surface area contributed by atoms with E-state index >= 15 is 0 Å². The zero-order chi connectivity index (χ0) is 98.1. The molecule has 8 aliphatic rings. The van der Waals surface area contributed by atoms with E-state index in [1.54, 1.807) is 0 Å². The Hall–Kier alpha value is -12.9. The fourth-order valence-corrected chi connectivity index (χ4v) is 12.7. The van der Waals surface area contributed by atoms with E-state index in [9.17, 15) is 116 Å². The van der Waals surface area contributed by atoms with Crippen LogP contribution in [-0.2, 0) is 176 Å². The van der Waals surface area contributed by atoms with Crippen LogP contribution in [0.25, 0.3) is 62.7 Å². The summed E-state index contributed by atoms with van der Waals surface area (Å²) in [6.07, 6.45) is -58.5. The normalized spacial score (nSPS) is 30.3. The maximum atomic E-state index is 13.7. The number of nitrogens with zero attached hydrogens (tertiary/aromatic N) is 18. The Labute approximate surface area is 740 Å². The molecule has 22 unspecified atom stereocenters. The highest BCUT2D eigenvalue weighted by Crippen LogP contribution is 2.41. The molecule has 23 atom stereocenters. The Morgan fingerprint density at radius 3 is 0.756 bits per heavy atom. The predicted molar refractivity (Wildman–Crippen MR) is 417 cm³/mol. The summed E-state index contributed by atoms with van der Waals surface area (Å²) in [6, 6.07) is 0. The maximum absolute atomic E-state index is 13.7. The first-order valence-electron chi connectivity index (χ1n) is 38.9. The van der Waals surface area contributed by atoms with Gasteiger partial charge >= 0.3 is 77.6 Å². The Morgan fingerprint density at radius 1 is 0.305 bits per heavy atom. The number of aliphatic hydroxyl groups is 4. The molecule has 8 rings (SSSR count). The molecule has 0 amide bonds. The lowest BCUT2D eigenvalue weighted by Gasteiger charge is -2.46. The van der Waals surface area contributed by atoms with Crippen molar-refractivity contribution in [2.75, 3.05) is 45.9 Å². The first-order chi connectivity index (χ1) is 62.0. The fraction of sp³-hybridized carbons (Fsp3) is 0.681. The Morgan fingerprint density at radius 2 is 0.527 bits per heavy atom. The van der Waals surface area contributed by atoms with Crippen molar-refractivity contribution in [3.63, 3.8) is 0 Å². The molecular formula is C72H96N18O41. The van der Waals surface area contributed by atoms with Gasteiger partial charge in [-0.1, -0.05) is 50.1 Å². The summed E-state index contributed by atoms with van der Waals surface area (Å²) in [4.78, 5) is 193. The highest BCUT2D eigenvalue weighted by atomic mass is 16.8. The molecule has 0 aromatic carbocycles. The lowest BCUT2D eigenvalue weighted by Crippen LogP contribution is -2.63. The average molecular weight is 1870 g/mol. The highest BCUT2D eigenvalue weighted by molar-refractivity contribution is 5.73. The van der Waals surface area contributed by atoms with Crippen LogP contribution in [0.2, 0.25) is 0 Å². The number of fused-ring (bicyclic) bond motifs is 1. The number of azide groups is 6. The van der Waals surface area contributed by atoms with Crippen LogP contribution in [0.3, 0.4) is 0 Å². The third kappa shape index (κ3) is 35.5. The number of carbonyl (C=O) groups is 13. The molecule has 720 valence electrons. The number of aliphatic hydroxyl groups excluding tert-OH is 4. The smallest absolute Gasteiger partial charge is 0.308 e. The molecule has 0 aromatic heterocycles. The Kier molecular flexibility index (Phi) is 47.1. The molecule has 59 heteroatoms. The van der Waals surface area contributed by atoms with Crippen molar-refractivity contribution in [2.45, 2.75) is 271 Å². The van der Waals surface area contributed by atoms with E-state index < -0.39 is 337 Å². The third-order valence-electron chi connectivity index (χ3n) is 17.0. The number of ether oxygens (including phenoxy) is 24. The average Bonchev–Trinajstić information content (AvgIpc) is 0.779. The van der Waals surface area contributed by atoms with E-state index in [0.29, 0.717) is 27.7 Å². The fourth-order valence-electron chi connectivity index (χ4n) is 12.7. The number of rotatable bonds is 33.